The van der Waals surface area contributed by atoms with Crippen LogP contribution in [0.15, 0.2) is 12.7 Å². The van der Waals surface area contributed by atoms with E-state index in [9.17, 15) is 5.11 Å². The molecule has 1 aliphatic rings. The Kier molecular flexibility index (Phi) is 2.38. The highest BCUT2D eigenvalue weighted by atomic mass is 16.3. The Labute approximate surface area is 69.1 Å². The standard InChI is InChI=1S/C10H18O/c1-4-9-5-6-10(3,11)8(2)7-9/h4,8-9,11H,1,5-7H2,2-3H3. The average molecular weight is 154 g/mol. The van der Waals surface area contributed by atoms with Crippen molar-refractivity contribution in [1.29, 1.82) is 0 Å². The summed E-state index contributed by atoms with van der Waals surface area (Å²) in [5.41, 5.74) is -0.431. The number of hydrogen-bond acceptors (Lipinski definition) is 1. The maximum Gasteiger partial charge on any atom is 0.0645 e. The van der Waals surface area contributed by atoms with Crippen molar-refractivity contribution >= 4 is 0 Å². The van der Waals surface area contributed by atoms with Crippen LogP contribution in [0.2, 0.25) is 0 Å². The minimum Gasteiger partial charge on any atom is -0.390 e. The predicted octanol–water partition coefficient (Wildman–Crippen LogP) is 2.36. The second kappa shape index (κ2) is 2.98. The number of aliphatic hydroxyl groups is 1. The van der Waals surface area contributed by atoms with E-state index in [0.717, 1.165) is 19.3 Å². The zero-order valence-corrected chi connectivity index (χ0v) is 7.51. The van der Waals surface area contributed by atoms with Crippen molar-refractivity contribution < 1.29 is 5.11 Å². The molecule has 0 spiro atoms. The topological polar surface area (TPSA) is 20.2 Å². The van der Waals surface area contributed by atoms with Gasteiger partial charge < -0.3 is 5.11 Å². The second-order valence-electron chi connectivity index (χ2n) is 4.03. The molecule has 0 amide bonds. The van der Waals surface area contributed by atoms with E-state index in [1.54, 1.807) is 0 Å². The van der Waals surface area contributed by atoms with Gasteiger partial charge in [-0.1, -0.05) is 13.0 Å². The summed E-state index contributed by atoms with van der Waals surface area (Å²) in [6.07, 6.45) is 5.13. The average Bonchev–Trinajstić information content (AvgIpc) is 1.95. The van der Waals surface area contributed by atoms with Crippen molar-refractivity contribution in [2.75, 3.05) is 0 Å². The molecular weight excluding hydrogens is 136 g/mol. The van der Waals surface area contributed by atoms with Gasteiger partial charge in [-0.3, -0.25) is 0 Å². The van der Waals surface area contributed by atoms with Crippen molar-refractivity contribution in [3.63, 3.8) is 0 Å². The van der Waals surface area contributed by atoms with Gasteiger partial charge in [-0.15, -0.1) is 6.58 Å². The predicted molar refractivity (Wildman–Crippen MR) is 47.3 cm³/mol. The normalized spacial score (nSPS) is 45.4. The van der Waals surface area contributed by atoms with E-state index in [1.165, 1.54) is 0 Å². The molecule has 1 aliphatic carbocycles. The summed E-state index contributed by atoms with van der Waals surface area (Å²) >= 11 is 0. The Hall–Kier alpha value is -0.300. The van der Waals surface area contributed by atoms with Crippen molar-refractivity contribution in [2.24, 2.45) is 11.8 Å². The van der Waals surface area contributed by atoms with E-state index in [1.807, 2.05) is 13.0 Å². The van der Waals surface area contributed by atoms with Crippen LogP contribution in [0, 0.1) is 11.8 Å². The Morgan fingerprint density at radius 2 is 2.27 bits per heavy atom. The molecule has 0 aromatic carbocycles. The van der Waals surface area contributed by atoms with Gasteiger partial charge in [0.05, 0.1) is 5.60 Å². The van der Waals surface area contributed by atoms with E-state index in [4.69, 9.17) is 0 Å². The lowest BCUT2D eigenvalue weighted by atomic mass is 9.73. The molecule has 0 aromatic rings. The number of allylic oxidation sites excluding steroid dienone is 1. The van der Waals surface area contributed by atoms with Crippen LogP contribution in [-0.4, -0.2) is 10.7 Å². The first-order chi connectivity index (χ1) is 5.06. The fourth-order valence-electron chi connectivity index (χ4n) is 1.76. The Balaban J connectivity index is 2.54. The summed E-state index contributed by atoms with van der Waals surface area (Å²) in [4.78, 5) is 0. The molecule has 0 saturated heterocycles. The van der Waals surface area contributed by atoms with E-state index in [0.29, 0.717) is 11.8 Å². The zero-order chi connectivity index (χ0) is 8.48. The Bertz CT molecular complexity index is 149. The molecule has 1 fully saturated rings. The van der Waals surface area contributed by atoms with Crippen molar-refractivity contribution in [1.82, 2.24) is 0 Å². The first-order valence-electron chi connectivity index (χ1n) is 4.41. The minimum absolute atomic E-state index is 0.416. The summed E-state index contributed by atoms with van der Waals surface area (Å²) < 4.78 is 0. The molecule has 1 heteroatoms. The smallest absolute Gasteiger partial charge is 0.0645 e. The van der Waals surface area contributed by atoms with Crippen LogP contribution in [0.25, 0.3) is 0 Å². The molecule has 64 valence electrons. The van der Waals surface area contributed by atoms with E-state index < -0.39 is 5.60 Å². The molecule has 1 saturated carbocycles. The van der Waals surface area contributed by atoms with Crippen LogP contribution in [-0.2, 0) is 0 Å². The molecule has 0 heterocycles. The molecule has 3 atom stereocenters. The van der Waals surface area contributed by atoms with Crippen LogP contribution in [0.5, 0.6) is 0 Å². The summed E-state index contributed by atoms with van der Waals surface area (Å²) in [6, 6.07) is 0. The van der Waals surface area contributed by atoms with Gasteiger partial charge in [-0.25, -0.2) is 0 Å². The lowest BCUT2D eigenvalue weighted by molar-refractivity contribution is -0.0330. The molecule has 0 aliphatic heterocycles. The summed E-state index contributed by atoms with van der Waals surface area (Å²) in [6.45, 7) is 7.85. The zero-order valence-electron chi connectivity index (χ0n) is 7.51. The monoisotopic (exact) mass is 154 g/mol. The Morgan fingerprint density at radius 3 is 2.73 bits per heavy atom. The third-order valence-electron chi connectivity index (χ3n) is 3.07. The van der Waals surface area contributed by atoms with Crippen molar-refractivity contribution in [2.45, 2.75) is 38.7 Å². The fraction of sp³-hybridized carbons (Fsp3) is 0.800. The summed E-state index contributed by atoms with van der Waals surface area (Å²) in [7, 11) is 0. The fourth-order valence-corrected chi connectivity index (χ4v) is 1.76. The third kappa shape index (κ3) is 1.84. The quantitative estimate of drug-likeness (QED) is 0.575. The van der Waals surface area contributed by atoms with Gasteiger partial charge in [0, 0.05) is 0 Å². The minimum atomic E-state index is -0.431. The van der Waals surface area contributed by atoms with Crippen molar-refractivity contribution in [3.8, 4) is 0 Å². The van der Waals surface area contributed by atoms with Crippen molar-refractivity contribution in [3.05, 3.63) is 12.7 Å². The molecule has 1 nitrogen and oxygen atoms in total. The lowest BCUT2D eigenvalue weighted by Crippen LogP contribution is -2.38. The van der Waals surface area contributed by atoms with Crippen LogP contribution in [0.4, 0.5) is 0 Å². The van der Waals surface area contributed by atoms with Gasteiger partial charge in [0.25, 0.3) is 0 Å². The molecule has 0 bridgehead atoms. The number of rotatable bonds is 1. The Morgan fingerprint density at radius 1 is 1.64 bits per heavy atom. The maximum absolute atomic E-state index is 9.82. The van der Waals surface area contributed by atoms with Gasteiger partial charge in [-0.05, 0) is 38.0 Å². The SMILES string of the molecule is C=CC1CCC(C)(O)C(C)C1. The number of hydrogen-bond donors (Lipinski definition) is 1. The highest BCUT2D eigenvalue weighted by molar-refractivity contribution is 4.92. The second-order valence-corrected chi connectivity index (χ2v) is 4.03. The van der Waals surface area contributed by atoms with Gasteiger partial charge in [0.15, 0.2) is 0 Å². The largest absolute Gasteiger partial charge is 0.390 e. The van der Waals surface area contributed by atoms with E-state index in [-0.39, 0.29) is 0 Å². The highest BCUT2D eigenvalue weighted by Gasteiger charge is 2.34. The molecule has 11 heavy (non-hydrogen) atoms. The van der Waals surface area contributed by atoms with Crippen LogP contribution in [0.3, 0.4) is 0 Å². The van der Waals surface area contributed by atoms with E-state index >= 15 is 0 Å². The summed E-state index contributed by atoms with van der Waals surface area (Å²) in [5.74, 6) is 1.05. The molecular formula is C10H18O. The van der Waals surface area contributed by atoms with Crippen LogP contribution in [0.1, 0.15) is 33.1 Å². The van der Waals surface area contributed by atoms with Gasteiger partial charge in [0.1, 0.15) is 0 Å². The van der Waals surface area contributed by atoms with Gasteiger partial charge >= 0.3 is 0 Å². The highest BCUT2D eigenvalue weighted by Crippen LogP contribution is 2.36. The van der Waals surface area contributed by atoms with Gasteiger partial charge in [0.2, 0.25) is 0 Å². The van der Waals surface area contributed by atoms with Gasteiger partial charge in [-0.2, -0.15) is 0 Å². The molecule has 0 aromatic heterocycles. The molecule has 0 radical (unpaired) electrons. The first kappa shape index (κ1) is 8.79. The summed E-state index contributed by atoms with van der Waals surface area (Å²) in [5, 5.41) is 9.82. The molecule has 3 unspecified atom stereocenters. The lowest BCUT2D eigenvalue weighted by Gasteiger charge is -2.38. The maximum atomic E-state index is 9.82. The third-order valence-corrected chi connectivity index (χ3v) is 3.07. The van der Waals surface area contributed by atoms with E-state index in [2.05, 4.69) is 13.5 Å². The molecule has 1 N–H and O–H groups in total. The van der Waals surface area contributed by atoms with Crippen LogP contribution >= 0.6 is 0 Å². The molecule has 1 rings (SSSR count). The first-order valence-corrected chi connectivity index (χ1v) is 4.41. The van der Waals surface area contributed by atoms with Crippen LogP contribution < -0.4 is 0 Å².